The molecule has 1 aliphatic rings. The fraction of sp³-hybridized carbons (Fsp3) is 0.357. The van der Waals surface area contributed by atoms with Crippen molar-refractivity contribution in [1.82, 2.24) is 5.06 Å². The van der Waals surface area contributed by atoms with E-state index in [9.17, 15) is 0 Å². The fourth-order valence-corrected chi connectivity index (χ4v) is 1.73. The van der Waals surface area contributed by atoms with Gasteiger partial charge in [0.05, 0.1) is 20.3 Å². The molecule has 0 spiro atoms. The molecule has 0 aliphatic carbocycles. The second-order valence-electron chi connectivity index (χ2n) is 3.92. The number of hydrogen-bond donors (Lipinski definition) is 0. The van der Waals surface area contributed by atoms with E-state index in [1.54, 1.807) is 31.8 Å². The van der Waals surface area contributed by atoms with Crippen LogP contribution in [-0.2, 0) is 9.57 Å². The lowest BCUT2D eigenvalue weighted by molar-refractivity contribution is -0.127. The molecule has 2 rings (SSSR count). The Labute approximate surface area is 113 Å². The SMILES string of the molecule is COCCON1C=NC=CC1c1[c]ccc(OC)c1. The van der Waals surface area contributed by atoms with E-state index in [0.717, 1.165) is 11.3 Å². The predicted octanol–water partition coefficient (Wildman–Crippen LogP) is 1.97. The highest BCUT2D eigenvalue weighted by Gasteiger charge is 2.19. The lowest BCUT2D eigenvalue weighted by Gasteiger charge is -2.28. The van der Waals surface area contributed by atoms with Crippen molar-refractivity contribution < 1.29 is 14.3 Å². The van der Waals surface area contributed by atoms with Gasteiger partial charge in [-0.25, -0.2) is 10.1 Å². The average Bonchev–Trinajstić information content (AvgIpc) is 2.48. The first-order chi connectivity index (χ1) is 9.35. The van der Waals surface area contributed by atoms with Crippen molar-refractivity contribution in [2.75, 3.05) is 27.4 Å². The van der Waals surface area contributed by atoms with E-state index in [4.69, 9.17) is 14.3 Å². The summed E-state index contributed by atoms with van der Waals surface area (Å²) in [5, 5.41) is 1.68. The van der Waals surface area contributed by atoms with E-state index in [2.05, 4.69) is 11.1 Å². The Morgan fingerprint density at radius 2 is 2.26 bits per heavy atom. The molecule has 5 nitrogen and oxygen atoms in total. The van der Waals surface area contributed by atoms with Crippen LogP contribution in [0.5, 0.6) is 5.75 Å². The van der Waals surface area contributed by atoms with Crippen molar-refractivity contribution in [3.8, 4) is 5.75 Å². The molecule has 0 saturated carbocycles. The van der Waals surface area contributed by atoms with Gasteiger partial charge in [0.1, 0.15) is 18.1 Å². The normalized spacial score (nSPS) is 17.8. The first kappa shape index (κ1) is 13.6. The van der Waals surface area contributed by atoms with Gasteiger partial charge in [-0.15, -0.1) is 0 Å². The number of benzene rings is 1. The standard InChI is InChI=1S/C14H17N2O3/c1-17-8-9-19-16-11-15-7-6-14(16)12-4-3-5-13(10-12)18-2/h3,5-7,10-11,14H,8-9H2,1-2H3. The maximum Gasteiger partial charge on any atom is 0.119 e. The van der Waals surface area contributed by atoms with Crippen LogP contribution >= 0.6 is 0 Å². The third kappa shape index (κ3) is 3.56. The molecular formula is C14H17N2O3. The zero-order valence-corrected chi connectivity index (χ0v) is 11.1. The van der Waals surface area contributed by atoms with Crippen molar-refractivity contribution in [2.24, 2.45) is 4.99 Å². The zero-order chi connectivity index (χ0) is 13.5. The minimum Gasteiger partial charge on any atom is -0.497 e. The Kier molecular flexibility index (Phi) is 4.94. The predicted molar refractivity (Wildman–Crippen MR) is 71.9 cm³/mol. The summed E-state index contributed by atoms with van der Waals surface area (Å²) in [4.78, 5) is 9.68. The molecule has 5 heteroatoms. The van der Waals surface area contributed by atoms with Gasteiger partial charge in [-0.05, 0) is 29.8 Å². The summed E-state index contributed by atoms with van der Waals surface area (Å²) in [6.07, 6.45) is 5.33. The molecule has 0 aromatic heterocycles. The molecule has 1 aliphatic heterocycles. The van der Waals surface area contributed by atoms with Crippen LogP contribution in [0.25, 0.3) is 0 Å². The van der Waals surface area contributed by atoms with E-state index >= 15 is 0 Å². The average molecular weight is 261 g/mol. The van der Waals surface area contributed by atoms with Crippen molar-refractivity contribution in [1.29, 1.82) is 0 Å². The Bertz CT molecular complexity index is 460. The fourth-order valence-electron chi connectivity index (χ4n) is 1.73. The first-order valence-corrected chi connectivity index (χ1v) is 6.01. The topological polar surface area (TPSA) is 43.3 Å². The van der Waals surface area contributed by atoms with Gasteiger partial charge in [0.25, 0.3) is 0 Å². The van der Waals surface area contributed by atoms with E-state index in [0.29, 0.717) is 13.2 Å². The van der Waals surface area contributed by atoms with Crippen LogP contribution in [0, 0.1) is 6.07 Å². The van der Waals surface area contributed by atoms with E-state index in [1.807, 2.05) is 24.3 Å². The molecule has 1 aromatic carbocycles. The van der Waals surface area contributed by atoms with Gasteiger partial charge in [0.15, 0.2) is 0 Å². The molecule has 19 heavy (non-hydrogen) atoms. The molecule has 1 heterocycles. The lowest BCUT2D eigenvalue weighted by Crippen LogP contribution is -2.29. The Morgan fingerprint density at radius 1 is 1.37 bits per heavy atom. The number of nitrogens with zero attached hydrogens (tertiary/aromatic N) is 2. The third-order valence-corrected chi connectivity index (χ3v) is 2.69. The van der Waals surface area contributed by atoms with Crippen LogP contribution in [0.1, 0.15) is 11.6 Å². The number of rotatable bonds is 6. The van der Waals surface area contributed by atoms with Crippen molar-refractivity contribution >= 4 is 6.34 Å². The second kappa shape index (κ2) is 6.92. The summed E-state index contributed by atoms with van der Waals surface area (Å²) >= 11 is 0. The highest BCUT2D eigenvalue weighted by atomic mass is 16.7. The van der Waals surface area contributed by atoms with E-state index in [-0.39, 0.29) is 6.04 Å². The number of hydroxylamine groups is 2. The van der Waals surface area contributed by atoms with Crippen LogP contribution in [0.2, 0.25) is 0 Å². The van der Waals surface area contributed by atoms with Gasteiger partial charge >= 0.3 is 0 Å². The van der Waals surface area contributed by atoms with E-state index < -0.39 is 0 Å². The van der Waals surface area contributed by atoms with Crippen LogP contribution in [0.15, 0.2) is 35.5 Å². The van der Waals surface area contributed by atoms with Crippen molar-refractivity contribution in [2.45, 2.75) is 6.04 Å². The lowest BCUT2D eigenvalue weighted by atomic mass is 10.1. The van der Waals surface area contributed by atoms with Crippen LogP contribution < -0.4 is 4.74 Å². The van der Waals surface area contributed by atoms with Crippen LogP contribution in [-0.4, -0.2) is 38.8 Å². The molecule has 0 saturated heterocycles. The molecule has 101 valence electrons. The summed E-state index contributed by atoms with van der Waals surface area (Å²) in [5.74, 6) is 0.793. The molecule has 0 fully saturated rings. The quantitative estimate of drug-likeness (QED) is 0.734. The minimum absolute atomic E-state index is 0.0653. The van der Waals surface area contributed by atoms with Gasteiger partial charge in [-0.3, -0.25) is 4.84 Å². The first-order valence-electron chi connectivity index (χ1n) is 6.01. The molecule has 1 aromatic rings. The van der Waals surface area contributed by atoms with Gasteiger partial charge in [0.2, 0.25) is 0 Å². The maximum absolute atomic E-state index is 5.61. The van der Waals surface area contributed by atoms with Crippen LogP contribution in [0.4, 0.5) is 0 Å². The Morgan fingerprint density at radius 3 is 3.05 bits per heavy atom. The largest absolute Gasteiger partial charge is 0.497 e. The number of ether oxygens (including phenoxy) is 2. The molecule has 1 unspecified atom stereocenters. The molecule has 1 atom stereocenters. The molecular weight excluding hydrogens is 244 g/mol. The summed E-state index contributed by atoms with van der Waals surface area (Å²) < 4.78 is 10.2. The highest BCUT2D eigenvalue weighted by molar-refractivity contribution is 5.58. The Hall–Kier alpha value is -1.85. The zero-order valence-electron chi connectivity index (χ0n) is 11.1. The highest BCUT2D eigenvalue weighted by Crippen LogP contribution is 2.26. The summed E-state index contributed by atoms with van der Waals surface area (Å²) in [5.41, 5.74) is 0.958. The monoisotopic (exact) mass is 261 g/mol. The number of methoxy groups -OCH3 is 2. The third-order valence-electron chi connectivity index (χ3n) is 2.69. The smallest absolute Gasteiger partial charge is 0.119 e. The molecule has 0 amide bonds. The van der Waals surface area contributed by atoms with Crippen molar-refractivity contribution in [3.63, 3.8) is 0 Å². The maximum atomic E-state index is 5.61. The Balaban J connectivity index is 2.10. The van der Waals surface area contributed by atoms with Gasteiger partial charge in [-0.2, -0.15) is 0 Å². The summed E-state index contributed by atoms with van der Waals surface area (Å²) in [6, 6.07) is 8.75. The summed E-state index contributed by atoms with van der Waals surface area (Å²) in [6.45, 7) is 0.999. The van der Waals surface area contributed by atoms with Crippen molar-refractivity contribution in [3.05, 3.63) is 42.1 Å². The summed E-state index contributed by atoms with van der Waals surface area (Å²) in [7, 11) is 3.28. The van der Waals surface area contributed by atoms with Gasteiger partial charge in [0, 0.05) is 13.3 Å². The molecule has 1 radical (unpaired) electrons. The minimum atomic E-state index is -0.0653. The van der Waals surface area contributed by atoms with Crippen LogP contribution in [0.3, 0.4) is 0 Å². The van der Waals surface area contributed by atoms with Gasteiger partial charge in [-0.1, -0.05) is 6.07 Å². The second-order valence-corrected chi connectivity index (χ2v) is 3.92. The molecule has 0 bridgehead atoms. The van der Waals surface area contributed by atoms with E-state index in [1.165, 1.54) is 0 Å². The number of hydrogen-bond acceptors (Lipinski definition) is 5. The number of aliphatic imine (C=N–C) groups is 1. The molecule has 0 N–H and O–H groups in total. The van der Waals surface area contributed by atoms with Gasteiger partial charge < -0.3 is 9.47 Å².